The van der Waals surface area contributed by atoms with E-state index in [-0.39, 0.29) is 6.42 Å². The van der Waals surface area contributed by atoms with Gasteiger partial charge in [-0.1, -0.05) is 0 Å². The number of anilines is 2. The molecule has 1 aromatic heterocycles. The van der Waals surface area contributed by atoms with Crippen molar-refractivity contribution in [3.8, 4) is 0 Å². The first kappa shape index (κ1) is 15.0. The fourth-order valence-corrected chi connectivity index (χ4v) is 1.87. The Balaban J connectivity index is 2.36. The van der Waals surface area contributed by atoms with Crippen molar-refractivity contribution in [3.05, 3.63) is 10.8 Å². The van der Waals surface area contributed by atoms with Gasteiger partial charge in [-0.15, -0.1) is 0 Å². The topological polar surface area (TPSA) is 49.8 Å². The highest BCUT2D eigenvalue weighted by molar-refractivity contribution is 9.10. The number of rotatable bonds is 6. The van der Waals surface area contributed by atoms with E-state index in [4.69, 9.17) is 0 Å². The molecule has 8 heteroatoms. The Bertz CT molecular complexity index is 384. The molecule has 4 nitrogen and oxygen atoms in total. The molecule has 0 radical (unpaired) electrons. The summed E-state index contributed by atoms with van der Waals surface area (Å²) in [6, 6.07) is 0. The number of aromatic nitrogens is 2. The molecule has 0 saturated heterocycles. The van der Waals surface area contributed by atoms with Crippen molar-refractivity contribution in [2.24, 2.45) is 0 Å². The molecule has 0 aromatic carbocycles. The lowest BCUT2D eigenvalue weighted by atomic mass is 10.2. The van der Waals surface area contributed by atoms with Gasteiger partial charge in [-0.05, 0) is 28.8 Å². The maximum Gasteiger partial charge on any atom is 0.389 e. The Morgan fingerprint density at radius 1 is 1.22 bits per heavy atom. The summed E-state index contributed by atoms with van der Waals surface area (Å²) < 4.78 is 36.4. The van der Waals surface area contributed by atoms with Gasteiger partial charge in [0.05, 0.1) is 0 Å². The van der Waals surface area contributed by atoms with Crippen LogP contribution in [0.2, 0.25) is 0 Å². The van der Waals surface area contributed by atoms with Crippen molar-refractivity contribution in [2.75, 3.05) is 24.2 Å². The average molecular weight is 327 g/mol. The van der Waals surface area contributed by atoms with E-state index in [0.29, 0.717) is 29.1 Å². The molecule has 0 fully saturated rings. The maximum absolute atomic E-state index is 11.9. The van der Waals surface area contributed by atoms with Gasteiger partial charge in [0.2, 0.25) is 0 Å². The van der Waals surface area contributed by atoms with Gasteiger partial charge in [0.25, 0.3) is 0 Å². The molecule has 1 heterocycles. The maximum atomic E-state index is 11.9. The van der Waals surface area contributed by atoms with Crippen molar-refractivity contribution >= 4 is 27.6 Å². The van der Waals surface area contributed by atoms with Gasteiger partial charge < -0.3 is 10.6 Å². The normalized spacial score (nSPS) is 11.4. The zero-order valence-electron chi connectivity index (χ0n) is 9.81. The van der Waals surface area contributed by atoms with Crippen molar-refractivity contribution in [2.45, 2.75) is 25.4 Å². The highest BCUT2D eigenvalue weighted by Gasteiger charge is 2.25. The van der Waals surface area contributed by atoms with Crippen molar-refractivity contribution < 1.29 is 13.2 Å². The molecule has 0 aliphatic rings. The van der Waals surface area contributed by atoms with Gasteiger partial charge in [-0.25, -0.2) is 9.97 Å². The third-order valence-corrected chi connectivity index (χ3v) is 2.96. The van der Waals surface area contributed by atoms with Crippen LogP contribution in [0.5, 0.6) is 0 Å². The Morgan fingerprint density at radius 3 is 2.50 bits per heavy atom. The van der Waals surface area contributed by atoms with Crippen LogP contribution in [0.15, 0.2) is 10.8 Å². The van der Waals surface area contributed by atoms with Crippen LogP contribution in [0, 0.1) is 0 Å². The molecule has 0 spiro atoms. The summed E-state index contributed by atoms with van der Waals surface area (Å²) in [4.78, 5) is 7.98. The first-order valence-corrected chi connectivity index (χ1v) is 6.22. The summed E-state index contributed by atoms with van der Waals surface area (Å²) in [5.74, 6) is 1.20. The molecule has 0 saturated carbocycles. The average Bonchev–Trinajstić information content (AvgIpc) is 2.29. The molecule has 0 bridgehead atoms. The molecule has 1 rings (SSSR count). The molecule has 2 N–H and O–H groups in total. The van der Waals surface area contributed by atoms with Crippen molar-refractivity contribution in [1.29, 1.82) is 0 Å². The molecular weight excluding hydrogens is 313 g/mol. The summed E-state index contributed by atoms with van der Waals surface area (Å²) in [5.41, 5.74) is 0. The SMILES string of the molecule is CNc1ncnc(NCCCCC(F)(F)F)c1Br. The Morgan fingerprint density at radius 2 is 1.89 bits per heavy atom. The molecule has 0 unspecified atom stereocenters. The highest BCUT2D eigenvalue weighted by Crippen LogP contribution is 2.26. The van der Waals surface area contributed by atoms with E-state index >= 15 is 0 Å². The van der Waals surface area contributed by atoms with Gasteiger partial charge in [-0.2, -0.15) is 13.2 Å². The third kappa shape index (κ3) is 5.07. The summed E-state index contributed by atoms with van der Waals surface area (Å²) >= 11 is 3.31. The van der Waals surface area contributed by atoms with E-state index in [9.17, 15) is 13.2 Å². The predicted molar refractivity (Wildman–Crippen MR) is 67.7 cm³/mol. The van der Waals surface area contributed by atoms with Crippen LogP contribution in [0.4, 0.5) is 24.8 Å². The van der Waals surface area contributed by atoms with Gasteiger partial charge in [0.15, 0.2) is 0 Å². The lowest BCUT2D eigenvalue weighted by Gasteiger charge is -2.10. The van der Waals surface area contributed by atoms with E-state index in [1.165, 1.54) is 6.33 Å². The fourth-order valence-electron chi connectivity index (χ4n) is 1.32. The van der Waals surface area contributed by atoms with Crippen molar-refractivity contribution in [1.82, 2.24) is 9.97 Å². The molecule has 0 amide bonds. The Labute approximate surface area is 112 Å². The van der Waals surface area contributed by atoms with Crippen molar-refractivity contribution in [3.63, 3.8) is 0 Å². The minimum Gasteiger partial charge on any atom is -0.372 e. The number of alkyl halides is 3. The largest absolute Gasteiger partial charge is 0.389 e. The number of hydrogen-bond acceptors (Lipinski definition) is 4. The summed E-state index contributed by atoms with van der Waals surface area (Å²) in [6.45, 7) is 0.439. The lowest BCUT2D eigenvalue weighted by molar-refractivity contribution is -0.135. The summed E-state index contributed by atoms with van der Waals surface area (Å²) in [7, 11) is 1.72. The third-order valence-electron chi connectivity index (χ3n) is 2.21. The lowest BCUT2D eigenvalue weighted by Crippen LogP contribution is -2.10. The molecule has 0 aliphatic heterocycles. The van der Waals surface area contributed by atoms with E-state index < -0.39 is 12.6 Å². The molecule has 102 valence electrons. The Hall–Kier alpha value is -1.05. The first-order chi connectivity index (χ1) is 8.44. The molecular formula is C10H14BrF3N4. The van der Waals surface area contributed by atoms with Crippen LogP contribution in [0.3, 0.4) is 0 Å². The summed E-state index contributed by atoms with van der Waals surface area (Å²) in [6.07, 6.45) is -2.90. The van der Waals surface area contributed by atoms with Crippen LogP contribution in [0.25, 0.3) is 0 Å². The van der Waals surface area contributed by atoms with E-state index in [1.54, 1.807) is 7.05 Å². The van der Waals surface area contributed by atoms with E-state index in [2.05, 4.69) is 36.5 Å². The standard InChI is InChI=1S/C10H14BrF3N4/c1-15-8-7(11)9(18-6-17-8)16-5-3-2-4-10(12,13)14/h6H,2-5H2,1H3,(H2,15,16,17,18). The molecule has 1 aromatic rings. The molecule has 0 aliphatic carbocycles. The second-order valence-corrected chi connectivity index (χ2v) is 4.43. The second kappa shape index (κ2) is 6.77. The van der Waals surface area contributed by atoms with Crippen LogP contribution >= 0.6 is 15.9 Å². The van der Waals surface area contributed by atoms with Crippen LogP contribution < -0.4 is 10.6 Å². The number of nitrogens with zero attached hydrogens (tertiary/aromatic N) is 2. The number of hydrogen-bond donors (Lipinski definition) is 2. The zero-order chi connectivity index (χ0) is 13.6. The highest BCUT2D eigenvalue weighted by atomic mass is 79.9. The Kier molecular flexibility index (Phi) is 5.64. The first-order valence-electron chi connectivity index (χ1n) is 5.43. The fraction of sp³-hybridized carbons (Fsp3) is 0.600. The second-order valence-electron chi connectivity index (χ2n) is 3.63. The van der Waals surface area contributed by atoms with Crippen LogP contribution in [-0.4, -0.2) is 29.7 Å². The molecule has 18 heavy (non-hydrogen) atoms. The summed E-state index contributed by atoms with van der Waals surface area (Å²) in [5, 5.41) is 5.84. The van der Waals surface area contributed by atoms with E-state index in [1.807, 2.05) is 0 Å². The smallest absolute Gasteiger partial charge is 0.372 e. The minimum atomic E-state index is -4.07. The predicted octanol–water partition coefficient (Wildman–Crippen LogP) is 3.43. The van der Waals surface area contributed by atoms with Crippen LogP contribution in [0.1, 0.15) is 19.3 Å². The minimum absolute atomic E-state index is 0.109. The molecule has 0 atom stereocenters. The number of nitrogens with one attached hydrogen (secondary N) is 2. The van der Waals surface area contributed by atoms with Gasteiger partial charge in [-0.3, -0.25) is 0 Å². The van der Waals surface area contributed by atoms with Gasteiger partial charge in [0, 0.05) is 20.0 Å². The zero-order valence-corrected chi connectivity index (χ0v) is 11.4. The van der Waals surface area contributed by atoms with Gasteiger partial charge in [0.1, 0.15) is 22.4 Å². The number of halogens is 4. The van der Waals surface area contributed by atoms with E-state index in [0.717, 1.165) is 0 Å². The monoisotopic (exact) mass is 326 g/mol. The van der Waals surface area contributed by atoms with Gasteiger partial charge >= 0.3 is 6.18 Å². The quantitative estimate of drug-likeness (QED) is 0.786. The van der Waals surface area contributed by atoms with Crippen LogP contribution in [-0.2, 0) is 0 Å². The number of unbranched alkanes of at least 4 members (excludes halogenated alkanes) is 1.